The molecule has 1 aromatic carbocycles. The van der Waals surface area contributed by atoms with E-state index < -0.39 is 16.2 Å². The van der Waals surface area contributed by atoms with Gasteiger partial charge in [0.05, 0.1) is 23.8 Å². The molecule has 110 valence electrons. The van der Waals surface area contributed by atoms with E-state index in [1.54, 1.807) is 0 Å². The number of hydrogen-bond donors (Lipinski definition) is 1. The molecular weight excluding hydrogens is 274 g/mol. The Morgan fingerprint density at radius 2 is 2.14 bits per heavy atom. The molecule has 1 saturated carbocycles. The summed E-state index contributed by atoms with van der Waals surface area (Å²) < 4.78 is 5.09. The van der Waals surface area contributed by atoms with Crippen LogP contribution in [0.25, 0.3) is 0 Å². The number of ether oxygens (including phenoxy) is 1. The van der Waals surface area contributed by atoms with Gasteiger partial charge in [0, 0.05) is 12.1 Å². The van der Waals surface area contributed by atoms with Crippen LogP contribution >= 0.6 is 0 Å². The summed E-state index contributed by atoms with van der Waals surface area (Å²) in [5, 5.41) is 22.7. The first-order valence-electron chi connectivity index (χ1n) is 6.57. The number of carbonyl (C=O) groups excluding carboxylic acids is 1. The zero-order valence-electron chi connectivity index (χ0n) is 11.6. The van der Waals surface area contributed by atoms with Gasteiger partial charge >= 0.3 is 0 Å². The molecule has 0 bridgehead atoms. The minimum atomic E-state index is -1.05. The summed E-state index contributed by atoms with van der Waals surface area (Å²) in [4.78, 5) is 22.6. The number of hydrogen-bond acceptors (Lipinski definition) is 5. The SMILES string of the molecule is COc1ccc([N+](=O)[O-])cc1NC(=O)C1(C#N)CCCC1. The first-order chi connectivity index (χ1) is 10.0. The Morgan fingerprint density at radius 3 is 2.67 bits per heavy atom. The Balaban J connectivity index is 2.30. The van der Waals surface area contributed by atoms with Crippen LogP contribution in [0, 0.1) is 26.9 Å². The third kappa shape index (κ3) is 2.79. The number of nitro benzene ring substituents is 1. The molecule has 0 heterocycles. The van der Waals surface area contributed by atoms with Crippen molar-refractivity contribution in [1.82, 2.24) is 0 Å². The summed E-state index contributed by atoms with van der Waals surface area (Å²) >= 11 is 0. The van der Waals surface area contributed by atoms with Gasteiger partial charge in [0.25, 0.3) is 5.69 Å². The first-order valence-corrected chi connectivity index (χ1v) is 6.57. The Labute approximate surface area is 121 Å². The zero-order valence-corrected chi connectivity index (χ0v) is 11.6. The third-order valence-electron chi connectivity index (χ3n) is 3.75. The van der Waals surface area contributed by atoms with Gasteiger partial charge in [0.2, 0.25) is 5.91 Å². The van der Waals surface area contributed by atoms with Gasteiger partial charge in [-0.2, -0.15) is 5.26 Å². The largest absolute Gasteiger partial charge is 0.495 e. The van der Waals surface area contributed by atoms with Crippen molar-refractivity contribution < 1.29 is 14.5 Å². The molecular formula is C14H15N3O4. The van der Waals surface area contributed by atoms with Crippen LogP contribution in [0.4, 0.5) is 11.4 Å². The maximum absolute atomic E-state index is 12.4. The highest BCUT2D eigenvalue weighted by molar-refractivity contribution is 5.98. The Bertz CT molecular complexity index is 615. The number of nitro groups is 1. The van der Waals surface area contributed by atoms with Gasteiger partial charge in [-0.05, 0) is 18.9 Å². The number of rotatable bonds is 4. The van der Waals surface area contributed by atoms with E-state index in [0.29, 0.717) is 18.6 Å². The Morgan fingerprint density at radius 1 is 1.48 bits per heavy atom. The first kappa shape index (κ1) is 14.8. The summed E-state index contributed by atoms with van der Waals surface area (Å²) in [6.45, 7) is 0. The molecule has 7 heteroatoms. The lowest BCUT2D eigenvalue weighted by Crippen LogP contribution is -2.32. The summed E-state index contributed by atoms with van der Waals surface area (Å²) in [6.07, 6.45) is 2.67. The van der Waals surface area contributed by atoms with Gasteiger partial charge in [-0.25, -0.2) is 0 Å². The van der Waals surface area contributed by atoms with Crippen LogP contribution in [-0.4, -0.2) is 17.9 Å². The van der Waals surface area contributed by atoms with E-state index in [1.165, 1.54) is 25.3 Å². The highest BCUT2D eigenvalue weighted by Gasteiger charge is 2.41. The summed E-state index contributed by atoms with van der Waals surface area (Å²) in [7, 11) is 1.41. The maximum atomic E-state index is 12.4. The molecule has 1 N–H and O–H groups in total. The fourth-order valence-electron chi connectivity index (χ4n) is 2.52. The molecule has 0 atom stereocenters. The summed E-state index contributed by atoms with van der Waals surface area (Å²) in [5.41, 5.74) is -0.989. The fraction of sp³-hybridized carbons (Fsp3) is 0.429. The summed E-state index contributed by atoms with van der Waals surface area (Å²) in [6, 6.07) is 6.03. The molecule has 1 aromatic rings. The smallest absolute Gasteiger partial charge is 0.271 e. The number of nitriles is 1. The van der Waals surface area contributed by atoms with Crippen LogP contribution in [0.3, 0.4) is 0 Å². The molecule has 0 spiro atoms. The quantitative estimate of drug-likeness (QED) is 0.677. The molecule has 0 aromatic heterocycles. The van der Waals surface area contributed by atoms with Gasteiger partial charge in [0.15, 0.2) is 0 Å². The maximum Gasteiger partial charge on any atom is 0.271 e. The second kappa shape index (κ2) is 5.79. The lowest BCUT2D eigenvalue weighted by molar-refractivity contribution is -0.384. The number of amides is 1. The number of nitrogens with one attached hydrogen (secondary N) is 1. The van der Waals surface area contributed by atoms with Crippen LogP contribution in [-0.2, 0) is 4.79 Å². The molecule has 0 unspecified atom stereocenters. The van der Waals surface area contributed by atoms with Crippen molar-refractivity contribution in [2.45, 2.75) is 25.7 Å². The lowest BCUT2D eigenvalue weighted by atomic mass is 9.87. The third-order valence-corrected chi connectivity index (χ3v) is 3.75. The number of carbonyl (C=O) groups is 1. The standard InChI is InChI=1S/C14H15N3O4/c1-21-12-5-4-10(17(19)20)8-11(12)16-13(18)14(9-15)6-2-3-7-14/h4-5,8H,2-3,6-7H2,1H3,(H,16,18). The van der Waals surface area contributed by atoms with Crippen molar-refractivity contribution in [3.63, 3.8) is 0 Å². The molecule has 0 saturated heterocycles. The van der Waals surface area contributed by atoms with Crippen LogP contribution in [0.15, 0.2) is 18.2 Å². The minimum absolute atomic E-state index is 0.150. The number of anilines is 1. The topological polar surface area (TPSA) is 105 Å². The Kier molecular flexibility index (Phi) is 4.08. The van der Waals surface area contributed by atoms with E-state index in [4.69, 9.17) is 4.74 Å². The normalized spacial score (nSPS) is 16.0. The van der Waals surface area contributed by atoms with Crippen molar-refractivity contribution in [2.24, 2.45) is 5.41 Å². The number of non-ortho nitro benzene ring substituents is 1. The van der Waals surface area contributed by atoms with Gasteiger partial charge in [-0.3, -0.25) is 14.9 Å². The van der Waals surface area contributed by atoms with E-state index in [1.807, 2.05) is 0 Å². The van der Waals surface area contributed by atoms with Crippen LogP contribution in [0.5, 0.6) is 5.75 Å². The van der Waals surface area contributed by atoms with E-state index >= 15 is 0 Å². The fourth-order valence-corrected chi connectivity index (χ4v) is 2.52. The highest BCUT2D eigenvalue weighted by atomic mass is 16.6. The molecule has 1 aliphatic rings. The van der Waals surface area contributed by atoms with E-state index in [9.17, 15) is 20.2 Å². The van der Waals surface area contributed by atoms with Crippen LogP contribution in [0.2, 0.25) is 0 Å². The average Bonchev–Trinajstić information content (AvgIpc) is 2.97. The van der Waals surface area contributed by atoms with E-state index in [0.717, 1.165) is 12.8 Å². The van der Waals surface area contributed by atoms with Crippen LogP contribution < -0.4 is 10.1 Å². The average molecular weight is 289 g/mol. The predicted octanol–water partition coefficient (Wildman–Crippen LogP) is 2.63. The lowest BCUT2D eigenvalue weighted by Gasteiger charge is -2.20. The van der Waals surface area contributed by atoms with Gasteiger partial charge in [0.1, 0.15) is 11.2 Å². The number of nitrogens with zero attached hydrogens (tertiary/aromatic N) is 2. The number of benzene rings is 1. The van der Waals surface area contributed by atoms with Crippen molar-refractivity contribution in [1.29, 1.82) is 5.26 Å². The van der Waals surface area contributed by atoms with E-state index in [-0.39, 0.29) is 11.4 Å². The molecule has 21 heavy (non-hydrogen) atoms. The Hall–Kier alpha value is -2.62. The van der Waals surface area contributed by atoms with Crippen molar-refractivity contribution in [2.75, 3.05) is 12.4 Å². The van der Waals surface area contributed by atoms with Crippen LogP contribution in [0.1, 0.15) is 25.7 Å². The zero-order chi connectivity index (χ0) is 15.5. The molecule has 2 rings (SSSR count). The molecule has 1 fully saturated rings. The van der Waals surface area contributed by atoms with Gasteiger partial charge < -0.3 is 10.1 Å². The monoisotopic (exact) mass is 289 g/mol. The summed E-state index contributed by atoms with van der Waals surface area (Å²) in [5.74, 6) is -0.110. The molecule has 0 radical (unpaired) electrons. The minimum Gasteiger partial charge on any atom is -0.495 e. The van der Waals surface area contributed by atoms with Crippen molar-refractivity contribution in [3.05, 3.63) is 28.3 Å². The molecule has 1 amide bonds. The van der Waals surface area contributed by atoms with Crippen molar-refractivity contribution >= 4 is 17.3 Å². The van der Waals surface area contributed by atoms with Crippen molar-refractivity contribution in [3.8, 4) is 11.8 Å². The van der Waals surface area contributed by atoms with Gasteiger partial charge in [-0.15, -0.1) is 0 Å². The number of methoxy groups -OCH3 is 1. The predicted molar refractivity (Wildman–Crippen MR) is 74.8 cm³/mol. The molecule has 7 nitrogen and oxygen atoms in total. The van der Waals surface area contributed by atoms with E-state index in [2.05, 4.69) is 11.4 Å². The van der Waals surface area contributed by atoms with Gasteiger partial charge in [-0.1, -0.05) is 12.8 Å². The second-order valence-electron chi connectivity index (χ2n) is 5.00. The highest BCUT2D eigenvalue weighted by Crippen LogP contribution is 2.39. The molecule has 1 aliphatic carbocycles. The molecule has 0 aliphatic heterocycles. The second-order valence-corrected chi connectivity index (χ2v) is 5.00.